The van der Waals surface area contributed by atoms with Crippen LogP contribution < -0.4 is 0 Å². The molecule has 1 aromatic carbocycles. The van der Waals surface area contributed by atoms with Gasteiger partial charge in [0.25, 0.3) is 0 Å². The largest absolute Gasteiger partial charge is 0.389 e. The highest BCUT2D eigenvalue weighted by molar-refractivity contribution is 5.81. The van der Waals surface area contributed by atoms with Gasteiger partial charge in [-0.05, 0) is 44.7 Å². The molecule has 102 valence electrons. The van der Waals surface area contributed by atoms with Crippen LogP contribution in [0.4, 0.5) is 4.39 Å². The van der Waals surface area contributed by atoms with E-state index in [0.29, 0.717) is 13.1 Å². The Bertz CT molecular complexity index is 578. The number of hydrogen-bond donors (Lipinski definition) is 1. The predicted octanol–water partition coefficient (Wildman–Crippen LogP) is 2.58. The van der Waals surface area contributed by atoms with Crippen molar-refractivity contribution < 1.29 is 9.50 Å². The first kappa shape index (κ1) is 13.9. The van der Waals surface area contributed by atoms with E-state index in [1.54, 1.807) is 26.1 Å². The van der Waals surface area contributed by atoms with E-state index in [0.717, 1.165) is 16.5 Å². The summed E-state index contributed by atoms with van der Waals surface area (Å²) >= 11 is 0. The van der Waals surface area contributed by atoms with E-state index in [1.807, 2.05) is 18.0 Å². The lowest BCUT2D eigenvalue weighted by Crippen LogP contribution is -2.35. The van der Waals surface area contributed by atoms with Gasteiger partial charge in [0.1, 0.15) is 5.82 Å². The van der Waals surface area contributed by atoms with Gasteiger partial charge in [-0.2, -0.15) is 0 Å². The summed E-state index contributed by atoms with van der Waals surface area (Å²) in [7, 11) is 1.90. The molecule has 0 radical (unpaired) electrons. The van der Waals surface area contributed by atoms with E-state index in [4.69, 9.17) is 0 Å². The molecule has 0 bridgehead atoms. The molecule has 0 saturated carbocycles. The number of likely N-dealkylation sites (N-methyl/N-ethyl adjacent to an activating group) is 1. The van der Waals surface area contributed by atoms with Crippen molar-refractivity contribution in [3.8, 4) is 0 Å². The maximum atomic E-state index is 13.6. The number of rotatable bonds is 4. The van der Waals surface area contributed by atoms with Crippen LogP contribution in [-0.4, -0.2) is 34.2 Å². The van der Waals surface area contributed by atoms with Crippen LogP contribution in [0.3, 0.4) is 0 Å². The van der Waals surface area contributed by atoms with Gasteiger partial charge < -0.3 is 5.11 Å². The number of fused-ring (bicyclic) bond motifs is 1. The molecular formula is C15H19FN2O. The van der Waals surface area contributed by atoms with Gasteiger partial charge in [-0.25, -0.2) is 4.39 Å². The molecule has 0 spiro atoms. The van der Waals surface area contributed by atoms with Crippen molar-refractivity contribution in [1.29, 1.82) is 0 Å². The van der Waals surface area contributed by atoms with Gasteiger partial charge in [0.05, 0.1) is 11.1 Å². The van der Waals surface area contributed by atoms with Crippen LogP contribution in [0, 0.1) is 5.82 Å². The fourth-order valence-electron chi connectivity index (χ4n) is 2.36. The second-order valence-corrected chi connectivity index (χ2v) is 5.62. The molecule has 19 heavy (non-hydrogen) atoms. The Morgan fingerprint density at radius 1 is 1.37 bits per heavy atom. The first-order valence-corrected chi connectivity index (χ1v) is 6.29. The minimum Gasteiger partial charge on any atom is -0.389 e. The number of hydrogen-bond acceptors (Lipinski definition) is 3. The fourth-order valence-corrected chi connectivity index (χ4v) is 2.36. The monoisotopic (exact) mass is 262 g/mol. The Morgan fingerprint density at radius 3 is 2.79 bits per heavy atom. The standard InChI is InChI=1S/C15H19FN2O/c1-15(2,19)10-18(3)9-12-8-13(16)7-11-5-4-6-17-14(11)12/h4-8,19H,9-10H2,1-3H3. The highest BCUT2D eigenvalue weighted by Crippen LogP contribution is 2.20. The first-order chi connectivity index (χ1) is 8.85. The van der Waals surface area contributed by atoms with Crippen LogP contribution in [-0.2, 0) is 6.54 Å². The lowest BCUT2D eigenvalue weighted by molar-refractivity contribution is 0.0425. The van der Waals surface area contributed by atoms with Gasteiger partial charge >= 0.3 is 0 Å². The molecule has 0 atom stereocenters. The smallest absolute Gasteiger partial charge is 0.124 e. The van der Waals surface area contributed by atoms with Crippen LogP contribution in [0.1, 0.15) is 19.4 Å². The van der Waals surface area contributed by atoms with Crippen molar-refractivity contribution in [3.63, 3.8) is 0 Å². The topological polar surface area (TPSA) is 36.4 Å². The molecule has 1 aromatic heterocycles. The normalized spacial score (nSPS) is 12.3. The molecule has 4 heteroatoms. The summed E-state index contributed by atoms with van der Waals surface area (Å²) in [6.07, 6.45) is 1.71. The molecular weight excluding hydrogens is 243 g/mol. The number of aliphatic hydroxyl groups is 1. The Hall–Kier alpha value is -1.52. The minimum absolute atomic E-state index is 0.257. The van der Waals surface area contributed by atoms with Gasteiger partial charge in [0.15, 0.2) is 0 Å². The number of pyridine rings is 1. The molecule has 3 nitrogen and oxygen atoms in total. The van der Waals surface area contributed by atoms with Crippen molar-refractivity contribution in [1.82, 2.24) is 9.88 Å². The summed E-state index contributed by atoms with van der Waals surface area (Å²) < 4.78 is 13.6. The number of halogens is 1. The Kier molecular flexibility index (Phi) is 3.83. The van der Waals surface area contributed by atoms with Crippen LogP contribution in [0.15, 0.2) is 30.5 Å². The second kappa shape index (κ2) is 5.23. The molecule has 0 aliphatic carbocycles. The van der Waals surface area contributed by atoms with Crippen LogP contribution in [0.5, 0.6) is 0 Å². The zero-order valence-corrected chi connectivity index (χ0v) is 11.5. The number of aromatic nitrogens is 1. The minimum atomic E-state index is -0.773. The molecule has 0 amide bonds. The van der Waals surface area contributed by atoms with Gasteiger partial charge in [-0.1, -0.05) is 6.07 Å². The van der Waals surface area contributed by atoms with E-state index < -0.39 is 5.60 Å². The Labute approximate surface area is 112 Å². The average Bonchev–Trinajstić information content (AvgIpc) is 2.25. The van der Waals surface area contributed by atoms with E-state index in [9.17, 15) is 9.50 Å². The third-order valence-corrected chi connectivity index (χ3v) is 2.85. The lowest BCUT2D eigenvalue weighted by atomic mass is 10.1. The molecule has 2 rings (SSSR count). The average molecular weight is 262 g/mol. The van der Waals surface area contributed by atoms with Crippen LogP contribution in [0.25, 0.3) is 10.9 Å². The van der Waals surface area contributed by atoms with Gasteiger partial charge in [-0.15, -0.1) is 0 Å². The summed E-state index contributed by atoms with van der Waals surface area (Å²) in [6, 6.07) is 6.65. The quantitative estimate of drug-likeness (QED) is 0.920. The van der Waals surface area contributed by atoms with Crippen molar-refractivity contribution in [3.05, 3.63) is 41.8 Å². The highest BCUT2D eigenvalue weighted by Gasteiger charge is 2.16. The predicted molar refractivity (Wildman–Crippen MR) is 74.3 cm³/mol. The van der Waals surface area contributed by atoms with E-state index in [-0.39, 0.29) is 5.82 Å². The number of nitrogens with zero attached hydrogens (tertiary/aromatic N) is 2. The summed E-state index contributed by atoms with van der Waals surface area (Å²) in [5.41, 5.74) is 0.875. The van der Waals surface area contributed by atoms with Crippen LogP contribution >= 0.6 is 0 Å². The molecule has 2 aromatic rings. The van der Waals surface area contributed by atoms with Gasteiger partial charge in [-0.3, -0.25) is 9.88 Å². The van der Waals surface area contributed by atoms with Crippen molar-refractivity contribution in [2.45, 2.75) is 26.0 Å². The van der Waals surface area contributed by atoms with E-state index in [1.165, 1.54) is 12.1 Å². The summed E-state index contributed by atoms with van der Waals surface area (Å²) in [5.74, 6) is -0.257. The molecule has 0 unspecified atom stereocenters. The molecule has 0 aliphatic rings. The number of benzene rings is 1. The summed E-state index contributed by atoms with van der Waals surface area (Å²) in [4.78, 5) is 6.28. The zero-order valence-electron chi connectivity index (χ0n) is 11.5. The SMILES string of the molecule is CN(Cc1cc(F)cc2cccnc12)CC(C)(C)O. The zero-order chi connectivity index (χ0) is 14.0. The maximum absolute atomic E-state index is 13.6. The summed E-state index contributed by atoms with van der Waals surface area (Å²) in [5, 5.41) is 10.6. The van der Waals surface area contributed by atoms with Gasteiger partial charge in [0.2, 0.25) is 0 Å². The van der Waals surface area contributed by atoms with E-state index >= 15 is 0 Å². The van der Waals surface area contributed by atoms with Crippen LogP contribution in [0.2, 0.25) is 0 Å². The molecule has 1 N–H and O–H groups in total. The second-order valence-electron chi connectivity index (χ2n) is 5.62. The first-order valence-electron chi connectivity index (χ1n) is 6.29. The van der Waals surface area contributed by atoms with Crippen molar-refractivity contribution in [2.24, 2.45) is 0 Å². The third-order valence-electron chi connectivity index (χ3n) is 2.85. The Balaban J connectivity index is 2.29. The molecule has 0 saturated heterocycles. The highest BCUT2D eigenvalue weighted by atomic mass is 19.1. The van der Waals surface area contributed by atoms with Crippen molar-refractivity contribution in [2.75, 3.05) is 13.6 Å². The molecule has 0 fully saturated rings. The van der Waals surface area contributed by atoms with Gasteiger partial charge in [0, 0.05) is 24.7 Å². The fraction of sp³-hybridized carbons (Fsp3) is 0.400. The molecule has 1 heterocycles. The Morgan fingerprint density at radius 2 is 2.11 bits per heavy atom. The summed E-state index contributed by atoms with van der Waals surface area (Å²) in [6.45, 7) is 4.57. The maximum Gasteiger partial charge on any atom is 0.124 e. The third kappa shape index (κ3) is 3.72. The van der Waals surface area contributed by atoms with Crippen molar-refractivity contribution >= 4 is 10.9 Å². The lowest BCUT2D eigenvalue weighted by Gasteiger charge is -2.25. The van der Waals surface area contributed by atoms with E-state index in [2.05, 4.69) is 4.98 Å². The molecule has 0 aliphatic heterocycles.